The molecule has 2 aromatic carbocycles. The van der Waals surface area contributed by atoms with E-state index in [9.17, 15) is 19.8 Å². The van der Waals surface area contributed by atoms with Crippen LogP contribution in [0.15, 0.2) is 47.5 Å². The number of fused-ring (bicyclic) bond motifs is 14. The summed E-state index contributed by atoms with van der Waals surface area (Å²) in [6.45, 7) is 2.86. The summed E-state index contributed by atoms with van der Waals surface area (Å²) in [4.78, 5) is 32.8. The Bertz CT molecular complexity index is 1590. The maximum Gasteiger partial charge on any atom is 0.303 e. The summed E-state index contributed by atoms with van der Waals surface area (Å²) in [6, 6.07) is 14.2. The Morgan fingerprint density at radius 3 is 2.61 bits per heavy atom. The van der Waals surface area contributed by atoms with Crippen molar-refractivity contribution in [1.29, 1.82) is 0 Å². The van der Waals surface area contributed by atoms with Crippen LogP contribution in [-0.2, 0) is 33.7 Å². The fourth-order valence-corrected chi connectivity index (χ4v) is 10.9. The molecule has 3 aliphatic heterocycles. The Kier molecular flexibility index (Phi) is 14.4. The van der Waals surface area contributed by atoms with Crippen LogP contribution in [0, 0.1) is 11.3 Å². The van der Waals surface area contributed by atoms with Gasteiger partial charge in [-0.15, -0.1) is 0 Å². The van der Waals surface area contributed by atoms with E-state index in [1.807, 2.05) is 46.0 Å². The van der Waals surface area contributed by atoms with Crippen LogP contribution in [0.2, 0.25) is 0 Å². The molecular weight excluding hydrogens is 721 g/mol. The number of aryl methyl sites for hydroxylation is 1. The Balaban J connectivity index is 1.28. The zero-order valence-electron chi connectivity index (χ0n) is 31.9. The van der Waals surface area contributed by atoms with Crippen LogP contribution in [0.4, 0.5) is 0 Å². The van der Waals surface area contributed by atoms with E-state index in [1.54, 1.807) is 10.8 Å². The summed E-state index contributed by atoms with van der Waals surface area (Å²) < 4.78 is 12.5. The fourth-order valence-electron chi connectivity index (χ4n) is 9.13. The minimum absolute atomic E-state index is 0.0404. The van der Waals surface area contributed by atoms with Gasteiger partial charge < -0.3 is 35.6 Å². The summed E-state index contributed by atoms with van der Waals surface area (Å²) in [6.07, 6.45) is 12.8. The number of nitrogens with one attached hydrogen (secondary N) is 1. The zero-order chi connectivity index (χ0) is 38.0. The van der Waals surface area contributed by atoms with Gasteiger partial charge in [0.2, 0.25) is 5.91 Å². The van der Waals surface area contributed by atoms with Crippen LogP contribution in [0.5, 0.6) is 11.5 Å². The number of ether oxygens (including phenoxy) is 2. The van der Waals surface area contributed by atoms with Gasteiger partial charge in [0.05, 0.1) is 18.1 Å². The number of aliphatic hydroxyl groups is 1. The summed E-state index contributed by atoms with van der Waals surface area (Å²) >= 11 is 0. The third kappa shape index (κ3) is 11.2. The lowest BCUT2D eigenvalue weighted by atomic mass is 9.72. The highest BCUT2D eigenvalue weighted by Crippen LogP contribution is 2.44. The predicted molar refractivity (Wildman–Crippen MR) is 217 cm³/mol. The van der Waals surface area contributed by atoms with Crippen molar-refractivity contribution in [2.45, 2.75) is 134 Å². The second kappa shape index (κ2) is 19.2. The fraction of sp³-hybridized carbons (Fsp3) is 0.643. The van der Waals surface area contributed by atoms with E-state index in [1.165, 1.54) is 12.5 Å². The van der Waals surface area contributed by atoms with Crippen LogP contribution in [0.1, 0.15) is 114 Å². The molecule has 0 spiro atoms. The molecule has 1 amide bonds. The number of phenolic OH excluding ortho intramolecular Hbond substituents is 1. The van der Waals surface area contributed by atoms with Gasteiger partial charge in [0.25, 0.3) is 0 Å². The van der Waals surface area contributed by atoms with Gasteiger partial charge in [0.15, 0.2) is 17.5 Å². The van der Waals surface area contributed by atoms with Crippen molar-refractivity contribution in [2.75, 3.05) is 24.7 Å². The van der Waals surface area contributed by atoms with Crippen molar-refractivity contribution < 1.29 is 29.3 Å². The molecule has 10 nitrogen and oxygen atoms in total. The van der Waals surface area contributed by atoms with Gasteiger partial charge in [-0.25, -0.2) is 4.99 Å². The normalized spacial score (nSPS) is 28.3. The van der Waals surface area contributed by atoms with E-state index < -0.39 is 11.7 Å². The van der Waals surface area contributed by atoms with E-state index in [0.29, 0.717) is 68.3 Å². The SMILES string of the molecule is CC(=O)OC12CCc3cc(c(O)c(OC4CCCC4)c3)CN3CC(Cc4ccccc4)(CCNC(N)=NCSSCCCCCC(CC1)C(O)C2)CC3=O. The number of carbonyl (C=O) groups is 2. The van der Waals surface area contributed by atoms with Gasteiger partial charge in [0, 0.05) is 56.1 Å². The van der Waals surface area contributed by atoms with Crippen LogP contribution in [-0.4, -0.2) is 75.5 Å². The number of rotatable bonds is 5. The molecule has 5 N–H and O–H groups in total. The van der Waals surface area contributed by atoms with Crippen molar-refractivity contribution in [3.63, 3.8) is 0 Å². The average molecular weight is 781 g/mol. The monoisotopic (exact) mass is 780 g/mol. The molecule has 4 unspecified atom stereocenters. The first-order valence-electron chi connectivity index (χ1n) is 20.1. The average Bonchev–Trinajstić information content (AvgIpc) is 3.76. The minimum atomic E-state index is -0.757. The number of phenols is 1. The molecule has 2 saturated carbocycles. The summed E-state index contributed by atoms with van der Waals surface area (Å²) in [5, 5.41) is 26.4. The highest BCUT2D eigenvalue weighted by molar-refractivity contribution is 8.76. The van der Waals surface area contributed by atoms with Gasteiger partial charge in [-0.05, 0) is 100 Å². The molecule has 6 bridgehead atoms. The first-order valence-corrected chi connectivity index (χ1v) is 22.6. The number of esters is 1. The van der Waals surface area contributed by atoms with Crippen molar-refractivity contribution >= 4 is 39.4 Å². The van der Waals surface area contributed by atoms with Crippen LogP contribution in [0.3, 0.4) is 0 Å². The molecule has 3 fully saturated rings. The topological polar surface area (TPSA) is 147 Å². The lowest BCUT2D eigenvalue weighted by molar-refractivity contribution is -0.168. The number of nitrogens with zero attached hydrogens (tertiary/aromatic N) is 2. The third-order valence-electron chi connectivity index (χ3n) is 12.0. The minimum Gasteiger partial charge on any atom is -0.504 e. The second-order valence-electron chi connectivity index (χ2n) is 16.2. The Morgan fingerprint density at radius 2 is 1.83 bits per heavy atom. The molecule has 0 aromatic heterocycles. The molecule has 2 aliphatic carbocycles. The lowest BCUT2D eigenvalue weighted by Crippen LogP contribution is -2.45. The molecule has 54 heavy (non-hydrogen) atoms. The van der Waals surface area contributed by atoms with Gasteiger partial charge in [-0.1, -0.05) is 70.8 Å². The lowest BCUT2D eigenvalue weighted by Gasteiger charge is -2.42. The molecule has 1 saturated heterocycles. The number of hydrogen-bond donors (Lipinski definition) is 4. The van der Waals surface area contributed by atoms with Crippen molar-refractivity contribution in [3.05, 3.63) is 59.2 Å². The Hall–Kier alpha value is -3.09. The number of carbonyl (C=O) groups excluding carboxylic acids is 2. The summed E-state index contributed by atoms with van der Waals surface area (Å²) in [5.41, 5.74) is 7.99. The molecule has 7 rings (SSSR count). The molecule has 2 aromatic rings. The van der Waals surface area contributed by atoms with Crippen LogP contribution < -0.4 is 15.8 Å². The van der Waals surface area contributed by atoms with Crippen molar-refractivity contribution in [1.82, 2.24) is 10.2 Å². The van der Waals surface area contributed by atoms with Gasteiger partial charge in [0.1, 0.15) is 5.60 Å². The van der Waals surface area contributed by atoms with E-state index >= 15 is 0 Å². The van der Waals surface area contributed by atoms with Gasteiger partial charge >= 0.3 is 5.97 Å². The second-order valence-corrected chi connectivity index (χ2v) is 18.8. The number of benzene rings is 2. The largest absolute Gasteiger partial charge is 0.504 e. The van der Waals surface area contributed by atoms with E-state index in [-0.39, 0.29) is 41.6 Å². The Labute approximate surface area is 329 Å². The number of aliphatic hydroxyl groups excluding tert-OH is 1. The third-order valence-corrected chi connectivity index (χ3v) is 14.1. The highest BCUT2D eigenvalue weighted by Gasteiger charge is 2.44. The molecule has 0 radical (unpaired) electrons. The van der Waals surface area contributed by atoms with Crippen molar-refractivity contribution in [2.24, 2.45) is 22.1 Å². The molecule has 3 heterocycles. The summed E-state index contributed by atoms with van der Waals surface area (Å²) in [7, 11) is 3.51. The number of aliphatic imine (C=N–C) groups is 1. The number of hydrogen-bond acceptors (Lipinski definition) is 11. The predicted octanol–water partition coefficient (Wildman–Crippen LogP) is 7.28. The number of guanidine groups is 1. The van der Waals surface area contributed by atoms with Crippen LogP contribution >= 0.6 is 21.6 Å². The number of amides is 1. The first-order chi connectivity index (χ1) is 26.1. The highest BCUT2D eigenvalue weighted by atomic mass is 33.1. The molecule has 296 valence electrons. The quantitative estimate of drug-likeness (QED) is 0.180. The maximum absolute atomic E-state index is 13.9. The van der Waals surface area contributed by atoms with Gasteiger partial charge in [-0.2, -0.15) is 0 Å². The standard InChI is InChI=1S/C42H60N4O6S2/c1-30(47)52-42-17-15-32-22-34(39(50)37(23-32)51-35-13-7-8-14-35)27-46-28-41(26-38(46)49,24-31-10-4-2-5-11-31)19-20-44-40(43)45-29-54-53-21-9-3-6-12-33(16-18-42)36(48)25-42/h2,4-5,10-11,22-23,33,35-36,48,50H,3,6-9,12-21,24-29H2,1H3,(H3,43,44,45). The maximum atomic E-state index is 13.9. The van der Waals surface area contributed by atoms with Crippen molar-refractivity contribution in [3.8, 4) is 11.5 Å². The molecule has 5 aliphatic rings. The first kappa shape index (κ1) is 40.6. The number of aromatic hydroxyl groups is 1. The molecular formula is C42H60N4O6S2. The van der Waals surface area contributed by atoms with Gasteiger partial charge in [-0.3, -0.25) is 9.59 Å². The Morgan fingerprint density at radius 1 is 1.04 bits per heavy atom. The summed E-state index contributed by atoms with van der Waals surface area (Å²) in [5.74, 6) is 2.47. The zero-order valence-corrected chi connectivity index (χ0v) is 33.6. The van der Waals surface area contributed by atoms with E-state index in [4.69, 9.17) is 15.2 Å². The van der Waals surface area contributed by atoms with Crippen LogP contribution in [0.25, 0.3) is 0 Å². The smallest absolute Gasteiger partial charge is 0.303 e. The van der Waals surface area contributed by atoms with E-state index in [0.717, 1.165) is 81.9 Å². The number of nitrogens with two attached hydrogens (primary N) is 1. The molecule has 4 atom stereocenters. The molecule has 12 heteroatoms. The van der Waals surface area contributed by atoms with E-state index in [2.05, 4.69) is 22.4 Å².